The summed E-state index contributed by atoms with van der Waals surface area (Å²) in [5.74, 6) is -0.160. The predicted molar refractivity (Wildman–Crippen MR) is 50.9 cm³/mol. The van der Waals surface area contributed by atoms with Gasteiger partial charge in [-0.25, -0.2) is 10.0 Å². The maximum absolute atomic E-state index is 11.7. The van der Waals surface area contributed by atoms with Crippen molar-refractivity contribution < 1.29 is 9.63 Å². The van der Waals surface area contributed by atoms with Crippen molar-refractivity contribution in [2.45, 2.75) is 6.42 Å². The smallest absolute Gasteiger partial charge is 0.271 e. The van der Waals surface area contributed by atoms with E-state index >= 15 is 0 Å². The average Bonchev–Trinajstić information content (AvgIpc) is 2.71. The van der Waals surface area contributed by atoms with Gasteiger partial charge in [0.05, 0.1) is 18.7 Å². The molecular weight excluding hydrogens is 204 g/mol. The van der Waals surface area contributed by atoms with Crippen LogP contribution in [0.15, 0.2) is 18.3 Å². The van der Waals surface area contributed by atoms with Gasteiger partial charge in [0.1, 0.15) is 5.15 Å². The van der Waals surface area contributed by atoms with E-state index in [9.17, 15) is 4.79 Å². The molecule has 2 rings (SSSR count). The molecule has 0 saturated carbocycles. The molecule has 74 valence electrons. The third kappa shape index (κ3) is 1.86. The second-order valence-electron chi connectivity index (χ2n) is 2.96. The lowest BCUT2D eigenvalue weighted by Crippen LogP contribution is -2.26. The van der Waals surface area contributed by atoms with Crippen molar-refractivity contribution in [3.63, 3.8) is 0 Å². The Balaban J connectivity index is 2.14. The molecule has 0 bridgehead atoms. The summed E-state index contributed by atoms with van der Waals surface area (Å²) < 4.78 is 0. The van der Waals surface area contributed by atoms with E-state index < -0.39 is 0 Å². The number of amides is 1. The first-order valence-electron chi connectivity index (χ1n) is 4.34. The van der Waals surface area contributed by atoms with Gasteiger partial charge in [0.2, 0.25) is 0 Å². The zero-order chi connectivity index (χ0) is 9.97. The van der Waals surface area contributed by atoms with Gasteiger partial charge >= 0.3 is 0 Å². The largest absolute Gasteiger partial charge is 0.278 e. The molecular formula is C9H9ClN2O2. The number of halogens is 1. The van der Waals surface area contributed by atoms with Crippen LogP contribution in [0, 0.1) is 0 Å². The van der Waals surface area contributed by atoms with E-state index in [1.807, 2.05) is 0 Å². The second-order valence-corrected chi connectivity index (χ2v) is 3.35. The highest BCUT2D eigenvalue weighted by Crippen LogP contribution is 2.12. The van der Waals surface area contributed by atoms with Gasteiger partial charge < -0.3 is 0 Å². The van der Waals surface area contributed by atoms with Gasteiger partial charge in [-0.2, -0.15) is 0 Å². The Morgan fingerprint density at radius 1 is 1.57 bits per heavy atom. The van der Waals surface area contributed by atoms with Crippen LogP contribution >= 0.6 is 11.6 Å². The molecule has 1 aliphatic heterocycles. The van der Waals surface area contributed by atoms with Crippen molar-refractivity contribution in [3.05, 3.63) is 29.0 Å². The first kappa shape index (κ1) is 9.43. The van der Waals surface area contributed by atoms with E-state index in [0.29, 0.717) is 23.9 Å². The van der Waals surface area contributed by atoms with Crippen molar-refractivity contribution in [1.82, 2.24) is 10.0 Å². The first-order valence-corrected chi connectivity index (χ1v) is 4.71. The Morgan fingerprint density at radius 2 is 2.43 bits per heavy atom. The fraction of sp³-hybridized carbons (Fsp3) is 0.333. The summed E-state index contributed by atoms with van der Waals surface area (Å²) in [6.45, 7) is 1.24. The van der Waals surface area contributed by atoms with Crippen LogP contribution < -0.4 is 0 Å². The lowest BCUT2D eigenvalue weighted by molar-refractivity contribution is -0.0768. The number of rotatable bonds is 1. The summed E-state index contributed by atoms with van der Waals surface area (Å²) >= 11 is 5.61. The van der Waals surface area contributed by atoms with Crippen molar-refractivity contribution in [3.8, 4) is 0 Å². The van der Waals surface area contributed by atoms with Crippen LogP contribution in [0.2, 0.25) is 5.15 Å². The lowest BCUT2D eigenvalue weighted by Gasteiger charge is -2.12. The van der Waals surface area contributed by atoms with Crippen LogP contribution in [0.5, 0.6) is 0 Å². The third-order valence-electron chi connectivity index (χ3n) is 1.95. The quantitative estimate of drug-likeness (QED) is 0.663. The van der Waals surface area contributed by atoms with Crippen LogP contribution in [0.1, 0.15) is 16.8 Å². The number of carbonyl (C=O) groups excluding carboxylic acids is 1. The Morgan fingerprint density at radius 3 is 3.00 bits per heavy atom. The van der Waals surface area contributed by atoms with Gasteiger partial charge in [-0.05, 0) is 18.6 Å². The van der Waals surface area contributed by atoms with Gasteiger partial charge in [0.25, 0.3) is 5.91 Å². The molecule has 1 amide bonds. The zero-order valence-corrected chi connectivity index (χ0v) is 8.20. The molecule has 1 aliphatic rings. The number of carbonyl (C=O) groups is 1. The highest BCUT2D eigenvalue weighted by Gasteiger charge is 2.20. The maximum atomic E-state index is 11.7. The van der Waals surface area contributed by atoms with Crippen LogP contribution in [0.4, 0.5) is 0 Å². The van der Waals surface area contributed by atoms with Crippen LogP contribution in [0.3, 0.4) is 0 Å². The fourth-order valence-corrected chi connectivity index (χ4v) is 1.37. The minimum absolute atomic E-state index is 0.160. The molecule has 1 saturated heterocycles. The molecule has 0 radical (unpaired) electrons. The number of hydrogen-bond acceptors (Lipinski definition) is 3. The van der Waals surface area contributed by atoms with Crippen LogP contribution in [0.25, 0.3) is 0 Å². The van der Waals surface area contributed by atoms with E-state index in [1.54, 1.807) is 12.1 Å². The maximum Gasteiger partial charge on any atom is 0.278 e. The summed E-state index contributed by atoms with van der Waals surface area (Å²) in [5.41, 5.74) is 0.497. The van der Waals surface area contributed by atoms with Gasteiger partial charge in [0, 0.05) is 6.20 Å². The van der Waals surface area contributed by atoms with E-state index in [0.717, 1.165) is 6.42 Å². The highest BCUT2D eigenvalue weighted by molar-refractivity contribution is 6.29. The molecule has 1 fully saturated rings. The second kappa shape index (κ2) is 3.94. The summed E-state index contributed by atoms with van der Waals surface area (Å²) in [6.07, 6.45) is 2.33. The molecule has 2 heterocycles. The number of hydroxylamine groups is 2. The third-order valence-corrected chi connectivity index (χ3v) is 2.18. The molecule has 14 heavy (non-hydrogen) atoms. The number of nitrogens with zero attached hydrogens (tertiary/aromatic N) is 2. The Bertz CT molecular complexity index is 333. The molecule has 0 aromatic carbocycles. The number of hydrogen-bond donors (Lipinski definition) is 0. The van der Waals surface area contributed by atoms with Crippen molar-refractivity contribution in [2.24, 2.45) is 0 Å². The molecule has 0 N–H and O–H groups in total. The van der Waals surface area contributed by atoms with Crippen molar-refractivity contribution in [2.75, 3.05) is 13.2 Å². The Labute approximate surface area is 86.4 Å². The predicted octanol–water partition coefficient (Wildman–Crippen LogP) is 1.51. The molecule has 4 nitrogen and oxygen atoms in total. The van der Waals surface area contributed by atoms with E-state index in [1.165, 1.54) is 11.3 Å². The number of pyridine rings is 1. The first-order chi connectivity index (χ1) is 6.77. The van der Waals surface area contributed by atoms with Crippen LogP contribution in [-0.2, 0) is 4.84 Å². The van der Waals surface area contributed by atoms with E-state index in [-0.39, 0.29) is 5.91 Å². The monoisotopic (exact) mass is 212 g/mol. The minimum Gasteiger partial charge on any atom is -0.271 e. The minimum atomic E-state index is -0.160. The molecule has 0 aliphatic carbocycles. The average molecular weight is 213 g/mol. The molecule has 5 heteroatoms. The van der Waals surface area contributed by atoms with Gasteiger partial charge in [-0.3, -0.25) is 9.63 Å². The van der Waals surface area contributed by atoms with Crippen LogP contribution in [-0.4, -0.2) is 29.1 Å². The molecule has 0 atom stereocenters. The molecule has 0 spiro atoms. The standard InChI is InChI=1S/C9H9ClN2O2/c10-8-3-2-7(6-11-8)9(13)12-4-1-5-14-12/h2-3,6H,1,4-5H2. The topological polar surface area (TPSA) is 42.4 Å². The van der Waals surface area contributed by atoms with Crippen molar-refractivity contribution in [1.29, 1.82) is 0 Å². The van der Waals surface area contributed by atoms with Gasteiger partial charge in [0.15, 0.2) is 0 Å². The zero-order valence-electron chi connectivity index (χ0n) is 7.44. The summed E-state index contributed by atoms with van der Waals surface area (Å²) in [4.78, 5) is 20.6. The Kier molecular flexibility index (Phi) is 2.65. The number of aromatic nitrogens is 1. The van der Waals surface area contributed by atoms with Gasteiger partial charge in [-0.15, -0.1) is 0 Å². The van der Waals surface area contributed by atoms with Gasteiger partial charge in [-0.1, -0.05) is 11.6 Å². The summed E-state index contributed by atoms with van der Waals surface area (Å²) in [7, 11) is 0. The van der Waals surface area contributed by atoms with E-state index in [4.69, 9.17) is 16.4 Å². The van der Waals surface area contributed by atoms with E-state index in [2.05, 4.69) is 4.98 Å². The molecule has 1 aromatic rings. The normalized spacial score (nSPS) is 15.9. The summed E-state index contributed by atoms with van der Waals surface area (Å²) in [6, 6.07) is 3.23. The highest BCUT2D eigenvalue weighted by atomic mass is 35.5. The Hall–Kier alpha value is -1.13. The SMILES string of the molecule is O=C(c1ccc(Cl)nc1)N1CCCO1. The molecule has 0 unspecified atom stereocenters. The lowest BCUT2D eigenvalue weighted by atomic mass is 10.2. The molecule has 1 aromatic heterocycles. The summed E-state index contributed by atoms with van der Waals surface area (Å²) in [5, 5.41) is 1.73. The van der Waals surface area contributed by atoms with Crippen molar-refractivity contribution >= 4 is 17.5 Å². The fourth-order valence-electron chi connectivity index (χ4n) is 1.25.